The molecule has 6 heteroatoms. The smallest absolute Gasteiger partial charge is 0.293 e. The van der Waals surface area contributed by atoms with Gasteiger partial charge >= 0.3 is 0 Å². The van der Waals surface area contributed by atoms with Crippen LogP contribution in [0.5, 0.6) is 5.75 Å². The Morgan fingerprint density at radius 2 is 2.00 bits per heavy atom. The van der Waals surface area contributed by atoms with Crippen molar-refractivity contribution in [2.75, 3.05) is 5.32 Å². The van der Waals surface area contributed by atoms with E-state index in [1.165, 1.54) is 17.5 Å². The molecule has 0 radical (unpaired) electrons. The highest BCUT2D eigenvalue weighted by molar-refractivity contribution is 6.02. The molecule has 2 aromatic carbocycles. The first-order valence-corrected chi connectivity index (χ1v) is 9.73. The van der Waals surface area contributed by atoms with E-state index in [9.17, 15) is 4.79 Å². The number of imidazole rings is 1. The number of anilines is 1. The fourth-order valence-corrected chi connectivity index (χ4v) is 3.79. The molecular formula is C23H21N3O3. The van der Waals surface area contributed by atoms with E-state index in [4.69, 9.17) is 9.15 Å². The molecular weight excluding hydrogens is 366 g/mol. The summed E-state index contributed by atoms with van der Waals surface area (Å²) in [5.41, 5.74) is 4.56. The second-order valence-electron chi connectivity index (χ2n) is 7.28. The van der Waals surface area contributed by atoms with E-state index in [0.717, 1.165) is 29.6 Å². The van der Waals surface area contributed by atoms with Crippen LogP contribution >= 0.6 is 0 Å². The number of benzene rings is 2. The van der Waals surface area contributed by atoms with E-state index in [-0.39, 0.29) is 18.3 Å². The lowest BCUT2D eigenvalue weighted by atomic mass is 10.1. The first kappa shape index (κ1) is 17.6. The minimum Gasteiger partial charge on any atom is -0.486 e. The minimum absolute atomic E-state index is 0.226. The lowest BCUT2D eigenvalue weighted by Gasteiger charge is -2.07. The Labute approximate surface area is 168 Å². The molecule has 5 rings (SSSR count). The second kappa shape index (κ2) is 7.13. The van der Waals surface area contributed by atoms with Crippen LogP contribution in [0.25, 0.3) is 11.0 Å². The fraction of sp³-hybridized carbons (Fsp3) is 0.217. The SMILES string of the molecule is Cn1c(NC(=O)c2ccc(COc3ccc4c(c3)CCC4)o2)nc2ccccc21. The normalized spacial score (nSPS) is 12.9. The van der Waals surface area contributed by atoms with Crippen LogP contribution in [0.15, 0.2) is 59.0 Å². The number of ether oxygens (including phenoxy) is 1. The number of hydrogen-bond acceptors (Lipinski definition) is 4. The predicted molar refractivity (Wildman–Crippen MR) is 110 cm³/mol. The number of fused-ring (bicyclic) bond motifs is 2. The molecule has 1 N–H and O–H groups in total. The molecule has 0 saturated heterocycles. The summed E-state index contributed by atoms with van der Waals surface area (Å²) in [7, 11) is 1.86. The van der Waals surface area contributed by atoms with Gasteiger partial charge in [0.2, 0.25) is 5.95 Å². The maximum Gasteiger partial charge on any atom is 0.293 e. The van der Waals surface area contributed by atoms with Gasteiger partial charge in [0.1, 0.15) is 18.1 Å². The summed E-state index contributed by atoms with van der Waals surface area (Å²) in [6.07, 6.45) is 3.47. The zero-order chi connectivity index (χ0) is 19.8. The number of furan rings is 1. The molecule has 2 heterocycles. The molecule has 2 aromatic heterocycles. The average molecular weight is 387 g/mol. The van der Waals surface area contributed by atoms with Crippen molar-refractivity contribution in [2.45, 2.75) is 25.9 Å². The molecule has 1 aliphatic carbocycles. The molecule has 0 atom stereocenters. The lowest BCUT2D eigenvalue weighted by molar-refractivity contribution is 0.0991. The number of aromatic nitrogens is 2. The van der Waals surface area contributed by atoms with E-state index in [1.807, 2.05) is 41.9 Å². The Balaban J connectivity index is 1.25. The molecule has 0 saturated carbocycles. The molecule has 6 nitrogen and oxygen atoms in total. The largest absolute Gasteiger partial charge is 0.486 e. The summed E-state index contributed by atoms with van der Waals surface area (Å²) in [5, 5.41) is 2.81. The van der Waals surface area contributed by atoms with E-state index >= 15 is 0 Å². The Hall–Kier alpha value is -3.54. The van der Waals surface area contributed by atoms with Crippen molar-refractivity contribution in [3.63, 3.8) is 0 Å². The Morgan fingerprint density at radius 1 is 1.14 bits per heavy atom. The van der Waals surface area contributed by atoms with Crippen LogP contribution in [0, 0.1) is 0 Å². The number of aryl methyl sites for hydroxylation is 3. The van der Waals surface area contributed by atoms with Gasteiger partial charge in [-0.3, -0.25) is 10.1 Å². The minimum atomic E-state index is -0.341. The number of rotatable bonds is 5. The molecule has 1 aliphatic rings. The summed E-state index contributed by atoms with van der Waals surface area (Å²) >= 11 is 0. The third-order valence-electron chi connectivity index (χ3n) is 5.35. The van der Waals surface area contributed by atoms with Crippen molar-refractivity contribution >= 4 is 22.9 Å². The molecule has 0 fully saturated rings. The zero-order valence-corrected chi connectivity index (χ0v) is 16.1. The fourth-order valence-electron chi connectivity index (χ4n) is 3.79. The van der Waals surface area contributed by atoms with Gasteiger partial charge in [0.25, 0.3) is 5.91 Å². The van der Waals surface area contributed by atoms with Crippen molar-refractivity contribution in [3.8, 4) is 5.75 Å². The van der Waals surface area contributed by atoms with Gasteiger partial charge in [-0.15, -0.1) is 0 Å². The van der Waals surface area contributed by atoms with Crippen LogP contribution in [-0.4, -0.2) is 15.5 Å². The monoisotopic (exact) mass is 387 g/mol. The van der Waals surface area contributed by atoms with Crippen molar-refractivity contribution in [3.05, 3.63) is 77.2 Å². The highest BCUT2D eigenvalue weighted by atomic mass is 16.5. The van der Waals surface area contributed by atoms with Gasteiger partial charge in [-0.1, -0.05) is 18.2 Å². The standard InChI is InChI=1S/C23H21N3O3/c1-26-20-8-3-2-7-19(20)24-23(26)25-22(27)21-12-11-18(29-21)14-28-17-10-9-15-5-4-6-16(15)13-17/h2-3,7-13H,4-6,14H2,1H3,(H,24,25,27). The molecule has 4 aromatic rings. The number of nitrogens with one attached hydrogen (secondary N) is 1. The van der Waals surface area contributed by atoms with Gasteiger partial charge in [-0.25, -0.2) is 4.98 Å². The number of carbonyl (C=O) groups is 1. The van der Waals surface area contributed by atoms with Gasteiger partial charge in [-0.2, -0.15) is 0 Å². The number of para-hydroxylation sites is 2. The summed E-state index contributed by atoms with van der Waals surface area (Å²) in [6.45, 7) is 0.276. The Morgan fingerprint density at radius 3 is 2.90 bits per heavy atom. The van der Waals surface area contributed by atoms with Crippen LogP contribution in [0.3, 0.4) is 0 Å². The van der Waals surface area contributed by atoms with Crippen molar-refractivity contribution in [1.29, 1.82) is 0 Å². The number of nitrogens with zero attached hydrogens (tertiary/aromatic N) is 2. The molecule has 0 unspecified atom stereocenters. The highest BCUT2D eigenvalue weighted by Crippen LogP contribution is 2.26. The van der Waals surface area contributed by atoms with Crippen molar-refractivity contribution < 1.29 is 13.9 Å². The van der Waals surface area contributed by atoms with Gasteiger partial charge in [0.05, 0.1) is 11.0 Å². The molecule has 146 valence electrons. The first-order chi connectivity index (χ1) is 14.2. The molecule has 0 spiro atoms. The highest BCUT2D eigenvalue weighted by Gasteiger charge is 2.16. The van der Waals surface area contributed by atoms with E-state index in [1.54, 1.807) is 12.1 Å². The van der Waals surface area contributed by atoms with Crippen LogP contribution < -0.4 is 10.1 Å². The average Bonchev–Trinajstić information content (AvgIpc) is 3.46. The summed E-state index contributed by atoms with van der Waals surface area (Å²) in [6, 6.07) is 17.4. The van der Waals surface area contributed by atoms with Crippen LogP contribution in [0.1, 0.15) is 33.9 Å². The Bertz CT molecular complexity index is 1210. The summed E-state index contributed by atoms with van der Waals surface area (Å²) in [4.78, 5) is 17.0. The van der Waals surface area contributed by atoms with E-state index in [0.29, 0.717) is 11.7 Å². The quantitative estimate of drug-likeness (QED) is 0.548. The van der Waals surface area contributed by atoms with Crippen LogP contribution in [0.4, 0.5) is 5.95 Å². The van der Waals surface area contributed by atoms with E-state index < -0.39 is 0 Å². The number of hydrogen-bond donors (Lipinski definition) is 1. The lowest BCUT2D eigenvalue weighted by Crippen LogP contribution is -2.14. The maximum atomic E-state index is 12.6. The summed E-state index contributed by atoms with van der Waals surface area (Å²) in [5.74, 6) is 1.79. The van der Waals surface area contributed by atoms with Gasteiger partial charge < -0.3 is 13.7 Å². The van der Waals surface area contributed by atoms with Crippen LogP contribution in [-0.2, 0) is 26.5 Å². The second-order valence-corrected chi connectivity index (χ2v) is 7.28. The third kappa shape index (κ3) is 3.38. The third-order valence-corrected chi connectivity index (χ3v) is 5.35. The van der Waals surface area contributed by atoms with Crippen LogP contribution in [0.2, 0.25) is 0 Å². The van der Waals surface area contributed by atoms with Gasteiger partial charge in [0.15, 0.2) is 5.76 Å². The predicted octanol–water partition coefficient (Wildman–Crippen LogP) is 4.49. The molecule has 0 bridgehead atoms. The summed E-state index contributed by atoms with van der Waals surface area (Å²) < 4.78 is 13.4. The number of carbonyl (C=O) groups excluding carboxylic acids is 1. The zero-order valence-electron chi connectivity index (χ0n) is 16.1. The van der Waals surface area contributed by atoms with Crippen molar-refractivity contribution in [2.24, 2.45) is 7.05 Å². The maximum absolute atomic E-state index is 12.6. The first-order valence-electron chi connectivity index (χ1n) is 9.73. The molecule has 29 heavy (non-hydrogen) atoms. The van der Waals surface area contributed by atoms with E-state index in [2.05, 4.69) is 22.4 Å². The van der Waals surface area contributed by atoms with Gasteiger partial charge in [-0.05, 0) is 66.8 Å². The Kier molecular flexibility index (Phi) is 4.31. The molecule has 0 aliphatic heterocycles. The number of amides is 1. The topological polar surface area (TPSA) is 69.3 Å². The van der Waals surface area contributed by atoms with Crippen molar-refractivity contribution in [1.82, 2.24) is 9.55 Å². The molecule has 1 amide bonds. The van der Waals surface area contributed by atoms with Gasteiger partial charge in [0, 0.05) is 7.05 Å².